The molecule has 0 fully saturated rings. The lowest BCUT2D eigenvalue weighted by Gasteiger charge is -2.12. The van der Waals surface area contributed by atoms with E-state index in [2.05, 4.69) is 9.97 Å². The molecule has 0 aliphatic rings. The molecular weight excluding hydrogens is 354 g/mol. The molecule has 4 aromatic rings. The Bertz CT molecular complexity index is 1160. The first kappa shape index (κ1) is 16.1. The van der Waals surface area contributed by atoms with Crippen LogP contribution in [0.4, 0.5) is 0 Å². The van der Waals surface area contributed by atoms with Crippen LogP contribution in [0.15, 0.2) is 51.9 Å². The van der Waals surface area contributed by atoms with Gasteiger partial charge in [0.1, 0.15) is 4.83 Å². The van der Waals surface area contributed by atoms with Gasteiger partial charge in [-0.05, 0) is 24.4 Å². The molecule has 0 saturated heterocycles. The summed E-state index contributed by atoms with van der Waals surface area (Å²) in [6, 6.07) is 9.51. The van der Waals surface area contributed by atoms with Crippen molar-refractivity contribution in [3.8, 4) is 0 Å². The van der Waals surface area contributed by atoms with Crippen LogP contribution < -0.4 is 5.56 Å². The van der Waals surface area contributed by atoms with Gasteiger partial charge in [0.25, 0.3) is 5.56 Å². The molecule has 4 rings (SSSR count). The molecule has 3 aromatic heterocycles. The topological polar surface area (TPSA) is 67.8 Å². The first-order valence-corrected chi connectivity index (χ1v) is 9.53. The number of hydrogen-bond acceptors (Lipinski definition) is 5. The smallest absolute Gasteiger partial charge is 0.262 e. The average molecular weight is 369 g/mol. The highest BCUT2D eigenvalue weighted by Gasteiger charge is 2.22. The van der Waals surface area contributed by atoms with E-state index in [9.17, 15) is 9.59 Å². The Labute approximate surface area is 151 Å². The van der Waals surface area contributed by atoms with Crippen LogP contribution in [0.2, 0.25) is 0 Å². The molecule has 5 nitrogen and oxygen atoms in total. The molecule has 0 amide bonds. The molecule has 0 bridgehead atoms. The minimum absolute atomic E-state index is 0.0166. The number of nitrogens with zero attached hydrogens (tertiary/aromatic N) is 2. The van der Waals surface area contributed by atoms with Crippen molar-refractivity contribution < 1.29 is 4.79 Å². The summed E-state index contributed by atoms with van der Waals surface area (Å²) in [7, 11) is 1.69. The Morgan fingerprint density at radius 3 is 2.92 bits per heavy atom. The zero-order valence-corrected chi connectivity index (χ0v) is 15.3. The Morgan fingerprint density at radius 1 is 1.28 bits per heavy atom. The summed E-state index contributed by atoms with van der Waals surface area (Å²) in [5, 5.41) is 3.59. The van der Waals surface area contributed by atoms with E-state index in [1.54, 1.807) is 19.3 Å². The molecule has 0 saturated carbocycles. The van der Waals surface area contributed by atoms with Gasteiger partial charge in [-0.3, -0.25) is 14.2 Å². The third-order valence-electron chi connectivity index (χ3n) is 4.17. The third-order valence-corrected chi connectivity index (χ3v) is 6.12. The number of carbonyl (C=O) groups excluding carboxylic acids is 1. The normalized spacial score (nSPS) is 12.7. The molecule has 1 aromatic carbocycles. The molecule has 0 radical (unpaired) electrons. The zero-order chi connectivity index (χ0) is 17.6. The number of nitrogens with one attached hydrogen (secondary N) is 1. The minimum Gasteiger partial charge on any atom is -0.360 e. The maximum absolute atomic E-state index is 12.9. The number of para-hydroxylation sites is 1. The van der Waals surface area contributed by atoms with E-state index in [-0.39, 0.29) is 16.6 Å². The van der Waals surface area contributed by atoms with Crippen molar-refractivity contribution in [1.29, 1.82) is 0 Å². The van der Waals surface area contributed by atoms with Gasteiger partial charge in [0.2, 0.25) is 0 Å². The lowest BCUT2D eigenvalue weighted by molar-refractivity contribution is 0.0995. The van der Waals surface area contributed by atoms with Gasteiger partial charge < -0.3 is 4.98 Å². The number of thioether (sulfide) groups is 1. The van der Waals surface area contributed by atoms with Gasteiger partial charge in [-0.15, -0.1) is 11.3 Å². The van der Waals surface area contributed by atoms with Gasteiger partial charge in [-0.25, -0.2) is 4.98 Å². The van der Waals surface area contributed by atoms with Gasteiger partial charge in [-0.2, -0.15) is 0 Å². The standard InChI is InChI=1S/C18H15N3O2S2/c1-10(15(22)13-9-19-14-6-4-3-5-11(13)14)25-18-20-16-12(7-8-24-16)17(23)21(18)2/h3-10,19H,1-2H3. The Hall–Kier alpha value is -2.38. The van der Waals surface area contributed by atoms with E-state index in [4.69, 9.17) is 0 Å². The Morgan fingerprint density at radius 2 is 2.08 bits per heavy atom. The molecule has 1 unspecified atom stereocenters. The second kappa shape index (κ2) is 6.16. The van der Waals surface area contributed by atoms with Crippen LogP contribution in [0.1, 0.15) is 17.3 Å². The van der Waals surface area contributed by atoms with Crippen molar-refractivity contribution in [1.82, 2.24) is 14.5 Å². The average Bonchev–Trinajstić information content (AvgIpc) is 3.25. The molecule has 25 heavy (non-hydrogen) atoms. The Kier molecular flexibility index (Phi) is 3.97. The predicted molar refractivity (Wildman–Crippen MR) is 103 cm³/mol. The molecule has 3 heterocycles. The fraction of sp³-hybridized carbons (Fsp3) is 0.167. The maximum atomic E-state index is 12.9. The molecule has 1 N–H and O–H groups in total. The van der Waals surface area contributed by atoms with Gasteiger partial charge in [0, 0.05) is 29.7 Å². The quantitative estimate of drug-likeness (QED) is 0.337. The van der Waals surface area contributed by atoms with Gasteiger partial charge in [-0.1, -0.05) is 30.0 Å². The van der Waals surface area contributed by atoms with Crippen LogP contribution in [0, 0.1) is 0 Å². The van der Waals surface area contributed by atoms with Crippen molar-refractivity contribution in [2.24, 2.45) is 7.05 Å². The van der Waals surface area contributed by atoms with Gasteiger partial charge >= 0.3 is 0 Å². The van der Waals surface area contributed by atoms with Crippen LogP contribution in [-0.2, 0) is 7.05 Å². The number of aromatic amines is 1. The first-order chi connectivity index (χ1) is 12.1. The van der Waals surface area contributed by atoms with Crippen LogP contribution in [0.5, 0.6) is 0 Å². The third kappa shape index (κ3) is 2.69. The number of aromatic nitrogens is 3. The number of rotatable bonds is 4. The van der Waals surface area contributed by atoms with Crippen molar-refractivity contribution in [3.63, 3.8) is 0 Å². The number of thiophene rings is 1. The number of fused-ring (bicyclic) bond motifs is 2. The number of Topliss-reactive ketones (excluding diaryl/α,β-unsaturated/α-hetero) is 1. The van der Waals surface area contributed by atoms with E-state index in [1.807, 2.05) is 36.6 Å². The molecule has 0 aliphatic carbocycles. The number of carbonyl (C=O) groups is 1. The number of ketones is 1. The van der Waals surface area contributed by atoms with Crippen LogP contribution >= 0.6 is 23.1 Å². The SMILES string of the molecule is CC(Sc1nc2sccc2c(=O)n1C)C(=O)c1c[nH]c2ccccc12. The monoisotopic (exact) mass is 369 g/mol. The summed E-state index contributed by atoms with van der Waals surface area (Å²) < 4.78 is 1.51. The lowest BCUT2D eigenvalue weighted by Crippen LogP contribution is -2.21. The van der Waals surface area contributed by atoms with Crippen molar-refractivity contribution in [3.05, 3.63) is 57.8 Å². The largest absolute Gasteiger partial charge is 0.360 e. The fourth-order valence-electron chi connectivity index (χ4n) is 2.79. The van der Waals surface area contributed by atoms with E-state index in [1.165, 1.54) is 27.7 Å². The van der Waals surface area contributed by atoms with Crippen LogP contribution in [0.3, 0.4) is 0 Å². The highest BCUT2D eigenvalue weighted by Crippen LogP contribution is 2.28. The maximum Gasteiger partial charge on any atom is 0.262 e. The Balaban J connectivity index is 1.68. The summed E-state index contributed by atoms with van der Waals surface area (Å²) in [5.74, 6) is 0.0166. The molecule has 1 atom stereocenters. The summed E-state index contributed by atoms with van der Waals surface area (Å²) in [6.45, 7) is 1.85. The van der Waals surface area contributed by atoms with Crippen molar-refractivity contribution in [2.75, 3.05) is 0 Å². The number of hydrogen-bond donors (Lipinski definition) is 1. The summed E-state index contributed by atoms with van der Waals surface area (Å²) in [4.78, 5) is 33.7. The predicted octanol–water partition coefficient (Wildman–Crippen LogP) is 3.84. The highest BCUT2D eigenvalue weighted by atomic mass is 32.2. The van der Waals surface area contributed by atoms with Crippen molar-refractivity contribution >= 4 is 50.0 Å². The molecule has 0 spiro atoms. The summed E-state index contributed by atoms with van der Waals surface area (Å²) in [5.41, 5.74) is 1.52. The fourth-order valence-corrected chi connectivity index (χ4v) is 4.54. The molecule has 0 aliphatic heterocycles. The van der Waals surface area contributed by atoms with E-state index < -0.39 is 0 Å². The first-order valence-electron chi connectivity index (χ1n) is 7.77. The van der Waals surface area contributed by atoms with Gasteiger partial charge in [0.05, 0.1) is 10.6 Å². The van der Waals surface area contributed by atoms with Crippen molar-refractivity contribution in [2.45, 2.75) is 17.3 Å². The van der Waals surface area contributed by atoms with E-state index >= 15 is 0 Å². The van der Waals surface area contributed by atoms with E-state index in [0.29, 0.717) is 20.9 Å². The van der Waals surface area contributed by atoms with Crippen LogP contribution in [-0.4, -0.2) is 25.6 Å². The molecular formula is C18H15N3O2S2. The zero-order valence-electron chi connectivity index (χ0n) is 13.6. The lowest BCUT2D eigenvalue weighted by atomic mass is 10.1. The second-order valence-electron chi connectivity index (χ2n) is 5.77. The van der Waals surface area contributed by atoms with E-state index in [0.717, 1.165) is 10.9 Å². The summed E-state index contributed by atoms with van der Waals surface area (Å²) in [6.07, 6.45) is 1.75. The minimum atomic E-state index is -0.352. The number of benzene rings is 1. The highest BCUT2D eigenvalue weighted by molar-refractivity contribution is 8.00. The number of H-pyrrole nitrogens is 1. The van der Waals surface area contributed by atoms with Gasteiger partial charge in [0.15, 0.2) is 10.9 Å². The molecule has 126 valence electrons. The molecule has 7 heteroatoms. The summed E-state index contributed by atoms with van der Waals surface area (Å²) >= 11 is 2.74. The second-order valence-corrected chi connectivity index (χ2v) is 7.97. The van der Waals surface area contributed by atoms with Crippen LogP contribution in [0.25, 0.3) is 21.1 Å².